The number of hydrogen-bond donors (Lipinski definition) is 1. The van der Waals surface area contributed by atoms with Crippen LogP contribution in [0.3, 0.4) is 0 Å². The van der Waals surface area contributed by atoms with Gasteiger partial charge in [0.1, 0.15) is 12.4 Å². The first kappa shape index (κ1) is 13.5. The molecule has 102 valence electrons. The summed E-state index contributed by atoms with van der Waals surface area (Å²) in [5.41, 5.74) is 2.05. The highest BCUT2D eigenvalue weighted by Gasteiger charge is 2.01. The third kappa shape index (κ3) is 4.06. The summed E-state index contributed by atoms with van der Waals surface area (Å²) in [5.74, 6) is 0.773. The van der Waals surface area contributed by atoms with Crippen molar-refractivity contribution in [1.29, 1.82) is 0 Å². The normalized spacial score (nSPS) is 10.9. The summed E-state index contributed by atoms with van der Waals surface area (Å²) in [5, 5.41) is 3.33. The Labute approximate surface area is 113 Å². The van der Waals surface area contributed by atoms with E-state index in [0.29, 0.717) is 12.6 Å². The molecule has 1 N–H and O–H groups in total. The summed E-state index contributed by atoms with van der Waals surface area (Å²) in [6, 6.07) is 4.39. The number of pyridine rings is 1. The first-order valence-corrected chi connectivity index (χ1v) is 6.41. The van der Waals surface area contributed by atoms with Gasteiger partial charge in [-0.05, 0) is 12.1 Å². The minimum Gasteiger partial charge on any atom is -0.486 e. The Bertz CT molecular complexity index is 504. The van der Waals surface area contributed by atoms with Gasteiger partial charge in [0.05, 0.1) is 30.1 Å². The van der Waals surface area contributed by atoms with E-state index in [1.807, 2.05) is 23.7 Å². The van der Waals surface area contributed by atoms with E-state index in [2.05, 4.69) is 29.1 Å². The average Bonchev–Trinajstić information content (AvgIpc) is 2.81. The second kappa shape index (κ2) is 6.33. The molecule has 0 aliphatic heterocycles. The highest BCUT2D eigenvalue weighted by Crippen LogP contribution is 2.11. The summed E-state index contributed by atoms with van der Waals surface area (Å²) in [4.78, 5) is 8.41. The number of nitrogens with one attached hydrogen (secondary N) is 1. The Morgan fingerprint density at radius 2 is 2.16 bits per heavy atom. The molecular formula is C14H20N4O. The van der Waals surface area contributed by atoms with Crippen molar-refractivity contribution in [1.82, 2.24) is 19.9 Å². The molecule has 0 fully saturated rings. The number of aryl methyl sites for hydroxylation is 1. The molecule has 0 amide bonds. The molecular weight excluding hydrogens is 240 g/mol. The van der Waals surface area contributed by atoms with Crippen LogP contribution < -0.4 is 10.1 Å². The highest BCUT2D eigenvalue weighted by atomic mass is 16.5. The van der Waals surface area contributed by atoms with E-state index in [9.17, 15) is 0 Å². The van der Waals surface area contributed by atoms with Gasteiger partial charge < -0.3 is 14.6 Å². The van der Waals surface area contributed by atoms with E-state index in [0.717, 1.165) is 23.7 Å². The number of aromatic nitrogens is 3. The van der Waals surface area contributed by atoms with Crippen LogP contribution in [0.1, 0.15) is 25.2 Å². The van der Waals surface area contributed by atoms with E-state index < -0.39 is 0 Å². The van der Waals surface area contributed by atoms with Gasteiger partial charge in [-0.15, -0.1) is 0 Å². The van der Waals surface area contributed by atoms with Crippen LogP contribution >= 0.6 is 0 Å². The number of rotatable bonds is 6. The lowest BCUT2D eigenvalue weighted by atomic mass is 10.3. The molecule has 0 aromatic carbocycles. The second-order valence-electron chi connectivity index (χ2n) is 4.81. The van der Waals surface area contributed by atoms with Crippen molar-refractivity contribution in [2.45, 2.75) is 33.0 Å². The zero-order chi connectivity index (χ0) is 13.7. The van der Waals surface area contributed by atoms with E-state index in [-0.39, 0.29) is 0 Å². The molecule has 5 nitrogen and oxygen atoms in total. The maximum absolute atomic E-state index is 5.67. The van der Waals surface area contributed by atoms with Gasteiger partial charge in [-0.25, -0.2) is 4.98 Å². The van der Waals surface area contributed by atoms with Crippen LogP contribution in [-0.4, -0.2) is 20.6 Å². The number of nitrogens with zero attached hydrogens (tertiary/aromatic N) is 3. The molecule has 19 heavy (non-hydrogen) atoms. The number of ether oxygens (including phenoxy) is 1. The van der Waals surface area contributed by atoms with Crippen molar-refractivity contribution in [3.63, 3.8) is 0 Å². The van der Waals surface area contributed by atoms with Crippen LogP contribution in [0.15, 0.2) is 30.9 Å². The molecule has 5 heteroatoms. The standard InChI is InChI=1S/C14H20N4O/c1-11(2)16-6-12-4-5-14(8-17-12)19-9-13-7-15-10-18(13)3/h4-5,7-8,10-11,16H,6,9H2,1-3H3. The van der Waals surface area contributed by atoms with Gasteiger partial charge in [-0.2, -0.15) is 0 Å². The molecule has 0 spiro atoms. The summed E-state index contributed by atoms with van der Waals surface area (Å²) in [7, 11) is 1.95. The minimum atomic E-state index is 0.461. The van der Waals surface area contributed by atoms with Crippen LogP contribution in [0.25, 0.3) is 0 Å². The topological polar surface area (TPSA) is 52.0 Å². The average molecular weight is 260 g/mol. The maximum Gasteiger partial charge on any atom is 0.138 e. The third-order valence-corrected chi connectivity index (χ3v) is 2.79. The van der Waals surface area contributed by atoms with Crippen molar-refractivity contribution < 1.29 is 4.74 Å². The molecule has 2 aromatic heterocycles. The Kier molecular flexibility index (Phi) is 4.52. The third-order valence-electron chi connectivity index (χ3n) is 2.79. The SMILES string of the molecule is CC(C)NCc1ccc(OCc2cncn2C)cn1. The lowest BCUT2D eigenvalue weighted by molar-refractivity contribution is 0.295. The Hall–Kier alpha value is -1.88. The fourth-order valence-electron chi connectivity index (χ4n) is 1.59. The van der Waals surface area contributed by atoms with Gasteiger partial charge in [0.2, 0.25) is 0 Å². The molecule has 0 aliphatic rings. The van der Waals surface area contributed by atoms with Gasteiger partial charge in [-0.1, -0.05) is 13.8 Å². The van der Waals surface area contributed by atoms with Crippen molar-refractivity contribution in [2.24, 2.45) is 7.05 Å². The highest BCUT2D eigenvalue weighted by molar-refractivity contribution is 5.20. The Balaban J connectivity index is 1.86. The van der Waals surface area contributed by atoms with E-state index in [1.54, 1.807) is 18.7 Å². The quantitative estimate of drug-likeness (QED) is 0.861. The fourth-order valence-corrected chi connectivity index (χ4v) is 1.59. The van der Waals surface area contributed by atoms with Crippen molar-refractivity contribution >= 4 is 0 Å². The maximum atomic E-state index is 5.67. The zero-order valence-electron chi connectivity index (χ0n) is 11.6. The fraction of sp³-hybridized carbons (Fsp3) is 0.429. The van der Waals surface area contributed by atoms with Crippen molar-refractivity contribution in [3.8, 4) is 5.75 Å². The first-order valence-electron chi connectivity index (χ1n) is 6.41. The molecule has 2 heterocycles. The number of imidazole rings is 1. The molecule has 2 aromatic rings. The lowest BCUT2D eigenvalue weighted by Gasteiger charge is -2.09. The summed E-state index contributed by atoms with van der Waals surface area (Å²) >= 11 is 0. The van der Waals surface area contributed by atoms with Gasteiger partial charge in [0, 0.05) is 19.6 Å². The van der Waals surface area contributed by atoms with Gasteiger partial charge >= 0.3 is 0 Å². The predicted molar refractivity (Wildman–Crippen MR) is 73.8 cm³/mol. The van der Waals surface area contributed by atoms with Crippen molar-refractivity contribution in [2.75, 3.05) is 0 Å². The largest absolute Gasteiger partial charge is 0.486 e. The van der Waals surface area contributed by atoms with Crippen molar-refractivity contribution in [3.05, 3.63) is 42.2 Å². The summed E-state index contributed by atoms with van der Waals surface area (Å²) < 4.78 is 7.61. The molecule has 0 atom stereocenters. The minimum absolute atomic E-state index is 0.461. The molecule has 0 radical (unpaired) electrons. The lowest BCUT2D eigenvalue weighted by Crippen LogP contribution is -2.22. The summed E-state index contributed by atoms with van der Waals surface area (Å²) in [6.45, 7) is 5.51. The predicted octanol–water partition coefficient (Wildman–Crippen LogP) is 1.89. The van der Waals surface area contributed by atoms with E-state index in [4.69, 9.17) is 4.74 Å². The van der Waals surface area contributed by atoms with Crippen LogP contribution in [0.4, 0.5) is 0 Å². The second-order valence-corrected chi connectivity index (χ2v) is 4.81. The van der Waals surface area contributed by atoms with Gasteiger partial charge in [-0.3, -0.25) is 4.98 Å². The Morgan fingerprint density at radius 1 is 1.32 bits per heavy atom. The molecule has 0 bridgehead atoms. The van der Waals surface area contributed by atoms with Crippen LogP contribution in [0, 0.1) is 0 Å². The van der Waals surface area contributed by atoms with E-state index in [1.165, 1.54) is 0 Å². The van der Waals surface area contributed by atoms with Gasteiger partial charge in [0.15, 0.2) is 0 Å². The Morgan fingerprint density at radius 3 is 2.74 bits per heavy atom. The molecule has 2 rings (SSSR count). The van der Waals surface area contributed by atoms with Crippen LogP contribution in [-0.2, 0) is 20.2 Å². The number of hydrogen-bond acceptors (Lipinski definition) is 4. The zero-order valence-corrected chi connectivity index (χ0v) is 11.6. The first-order chi connectivity index (χ1) is 9.15. The smallest absolute Gasteiger partial charge is 0.138 e. The molecule has 0 aliphatic carbocycles. The van der Waals surface area contributed by atoms with Crippen LogP contribution in [0.2, 0.25) is 0 Å². The molecule has 0 unspecified atom stereocenters. The van der Waals surface area contributed by atoms with E-state index >= 15 is 0 Å². The van der Waals surface area contributed by atoms with Crippen LogP contribution in [0.5, 0.6) is 5.75 Å². The molecule has 0 saturated carbocycles. The molecule has 0 saturated heterocycles. The van der Waals surface area contributed by atoms with Gasteiger partial charge in [0.25, 0.3) is 0 Å². The summed E-state index contributed by atoms with van der Waals surface area (Å²) in [6.07, 6.45) is 5.32. The monoisotopic (exact) mass is 260 g/mol.